The van der Waals surface area contributed by atoms with E-state index in [2.05, 4.69) is 10.6 Å². The van der Waals surface area contributed by atoms with Crippen LogP contribution in [0.3, 0.4) is 0 Å². The highest BCUT2D eigenvalue weighted by atomic mass is 16.5. The van der Waals surface area contributed by atoms with E-state index >= 15 is 0 Å². The molecule has 130 valence electrons. The van der Waals surface area contributed by atoms with E-state index in [9.17, 15) is 9.59 Å². The van der Waals surface area contributed by atoms with Crippen molar-refractivity contribution in [2.24, 2.45) is 0 Å². The van der Waals surface area contributed by atoms with Crippen LogP contribution >= 0.6 is 0 Å². The Morgan fingerprint density at radius 3 is 2.52 bits per heavy atom. The van der Waals surface area contributed by atoms with E-state index in [1.54, 1.807) is 19.2 Å². The molecular weight excluding hydrogens is 318 g/mol. The largest absolute Gasteiger partial charge is 0.380 e. The first kappa shape index (κ1) is 17.0. The second-order valence-corrected chi connectivity index (χ2v) is 5.90. The number of methoxy groups -OCH3 is 1. The third kappa shape index (κ3) is 4.36. The minimum absolute atomic E-state index is 0.0283. The van der Waals surface area contributed by atoms with Crippen molar-refractivity contribution in [3.05, 3.63) is 59.7 Å². The van der Waals surface area contributed by atoms with E-state index in [0.29, 0.717) is 25.3 Å². The number of nitrogens with zero attached hydrogens (tertiary/aromatic N) is 1. The third-order valence-electron chi connectivity index (χ3n) is 4.06. The van der Waals surface area contributed by atoms with Crippen LogP contribution in [0.2, 0.25) is 0 Å². The molecule has 0 aliphatic carbocycles. The van der Waals surface area contributed by atoms with Gasteiger partial charge in [-0.1, -0.05) is 12.1 Å². The summed E-state index contributed by atoms with van der Waals surface area (Å²) in [5.41, 5.74) is 3.30. The van der Waals surface area contributed by atoms with E-state index in [1.165, 1.54) is 0 Å². The molecule has 1 heterocycles. The average Bonchev–Trinajstić information content (AvgIpc) is 2.63. The Kier molecular flexibility index (Phi) is 5.30. The lowest BCUT2D eigenvalue weighted by atomic mass is 10.1. The predicted octanol–water partition coefficient (Wildman–Crippen LogP) is 2.02. The van der Waals surface area contributed by atoms with Gasteiger partial charge in [-0.2, -0.15) is 0 Å². The van der Waals surface area contributed by atoms with Crippen molar-refractivity contribution >= 4 is 23.2 Å². The molecule has 25 heavy (non-hydrogen) atoms. The topological polar surface area (TPSA) is 70.7 Å². The molecule has 2 amide bonds. The zero-order chi connectivity index (χ0) is 17.6. The lowest BCUT2D eigenvalue weighted by Gasteiger charge is -2.28. The first-order valence-corrected chi connectivity index (χ1v) is 8.16. The standard InChI is InChI=1S/C19H21N3O3/c1-25-13-14-2-4-15(5-3-14)19(24)21-16-6-8-17(9-7-16)22-11-10-20-18(23)12-22/h2-9H,10-13H2,1H3,(H,20,23)(H,21,24). The van der Waals surface area contributed by atoms with Crippen LogP contribution in [-0.2, 0) is 16.1 Å². The van der Waals surface area contributed by atoms with Crippen molar-refractivity contribution in [3.63, 3.8) is 0 Å². The number of piperazine rings is 1. The van der Waals surface area contributed by atoms with Gasteiger partial charge in [-0.05, 0) is 42.0 Å². The van der Waals surface area contributed by atoms with Crippen LogP contribution in [0.15, 0.2) is 48.5 Å². The molecule has 2 aromatic carbocycles. The molecule has 0 unspecified atom stereocenters. The Hall–Kier alpha value is -2.86. The number of benzene rings is 2. The van der Waals surface area contributed by atoms with Gasteiger partial charge in [0.05, 0.1) is 13.2 Å². The van der Waals surface area contributed by atoms with E-state index < -0.39 is 0 Å². The Morgan fingerprint density at radius 1 is 1.16 bits per heavy atom. The maximum absolute atomic E-state index is 12.3. The molecule has 1 saturated heterocycles. The molecule has 0 radical (unpaired) electrons. The fourth-order valence-corrected chi connectivity index (χ4v) is 2.74. The molecule has 0 atom stereocenters. The minimum Gasteiger partial charge on any atom is -0.380 e. The number of nitrogens with one attached hydrogen (secondary N) is 2. The van der Waals surface area contributed by atoms with Crippen LogP contribution in [0.25, 0.3) is 0 Å². The molecule has 0 aromatic heterocycles. The summed E-state index contributed by atoms with van der Waals surface area (Å²) in [7, 11) is 1.64. The highest BCUT2D eigenvalue weighted by Gasteiger charge is 2.16. The Labute approximate surface area is 146 Å². The minimum atomic E-state index is -0.158. The quantitative estimate of drug-likeness (QED) is 0.874. The van der Waals surface area contributed by atoms with Gasteiger partial charge < -0.3 is 20.3 Å². The Balaban J connectivity index is 1.62. The molecule has 0 saturated carbocycles. The first-order chi connectivity index (χ1) is 12.2. The molecule has 1 fully saturated rings. The van der Waals surface area contributed by atoms with Crippen molar-refractivity contribution in [2.75, 3.05) is 37.0 Å². The molecule has 6 nitrogen and oxygen atoms in total. The maximum atomic E-state index is 12.3. The molecule has 6 heteroatoms. The molecular formula is C19H21N3O3. The predicted molar refractivity (Wildman–Crippen MR) is 96.8 cm³/mol. The van der Waals surface area contributed by atoms with Crippen LogP contribution in [0.5, 0.6) is 0 Å². The van der Waals surface area contributed by atoms with E-state index in [1.807, 2.05) is 41.3 Å². The molecule has 1 aliphatic heterocycles. The smallest absolute Gasteiger partial charge is 0.255 e. The van der Waals surface area contributed by atoms with Gasteiger partial charge in [0.2, 0.25) is 5.91 Å². The van der Waals surface area contributed by atoms with Crippen molar-refractivity contribution in [3.8, 4) is 0 Å². The van der Waals surface area contributed by atoms with Gasteiger partial charge in [0, 0.05) is 37.1 Å². The average molecular weight is 339 g/mol. The van der Waals surface area contributed by atoms with E-state index in [0.717, 1.165) is 23.5 Å². The van der Waals surface area contributed by atoms with Crippen LogP contribution in [0.1, 0.15) is 15.9 Å². The number of hydrogen-bond donors (Lipinski definition) is 2. The Bertz CT molecular complexity index is 742. The lowest BCUT2D eigenvalue weighted by molar-refractivity contribution is -0.120. The number of anilines is 2. The third-order valence-corrected chi connectivity index (χ3v) is 4.06. The summed E-state index contributed by atoms with van der Waals surface area (Å²) in [6.07, 6.45) is 0. The summed E-state index contributed by atoms with van der Waals surface area (Å²) >= 11 is 0. The van der Waals surface area contributed by atoms with Gasteiger partial charge in [0.25, 0.3) is 5.91 Å². The number of carbonyl (C=O) groups excluding carboxylic acids is 2. The number of rotatable bonds is 5. The monoisotopic (exact) mass is 339 g/mol. The molecule has 3 rings (SSSR count). The second kappa shape index (κ2) is 7.81. The highest BCUT2D eigenvalue weighted by molar-refractivity contribution is 6.04. The summed E-state index contributed by atoms with van der Waals surface area (Å²) < 4.78 is 5.06. The van der Waals surface area contributed by atoms with Crippen LogP contribution < -0.4 is 15.5 Å². The van der Waals surface area contributed by atoms with E-state index in [-0.39, 0.29) is 11.8 Å². The van der Waals surface area contributed by atoms with Gasteiger partial charge in [-0.3, -0.25) is 9.59 Å². The van der Waals surface area contributed by atoms with Gasteiger partial charge in [0.1, 0.15) is 0 Å². The summed E-state index contributed by atoms with van der Waals surface area (Å²) in [6, 6.07) is 14.8. The lowest BCUT2D eigenvalue weighted by Crippen LogP contribution is -2.47. The zero-order valence-corrected chi connectivity index (χ0v) is 14.1. The van der Waals surface area contributed by atoms with Gasteiger partial charge in [0.15, 0.2) is 0 Å². The molecule has 2 N–H and O–H groups in total. The van der Waals surface area contributed by atoms with Crippen LogP contribution in [0, 0.1) is 0 Å². The van der Waals surface area contributed by atoms with Crippen LogP contribution in [0.4, 0.5) is 11.4 Å². The normalized spacial score (nSPS) is 14.1. The molecule has 2 aromatic rings. The summed E-state index contributed by atoms with van der Waals surface area (Å²) in [4.78, 5) is 25.8. The molecule has 1 aliphatic rings. The van der Waals surface area contributed by atoms with Crippen molar-refractivity contribution < 1.29 is 14.3 Å². The summed E-state index contributed by atoms with van der Waals surface area (Å²) in [5.74, 6) is -0.130. The number of amides is 2. The molecule has 0 spiro atoms. The fraction of sp³-hybridized carbons (Fsp3) is 0.263. The summed E-state index contributed by atoms with van der Waals surface area (Å²) in [6.45, 7) is 2.32. The number of carbonyl (C=O) groups is 2. The first-order valence-electron chi connectivity index (χ1n) is 8.16. The Morgan fingerprint density at radius 2 is 1.88 bits per heavy atom. The zero-order valence-electron chi connectivity index (χ0n) is 14.1. The van der Waals surface area contributed by atoms with Crippen LogP contribution in [-0.4, -0.2) is 38.6 Å². The summed E-state index contributed by atoms with van der Waals surface area (Å²) in [5, 5.41) is 5.68. The van der Waals surface area contributed by atoms with Crippen molar-refractivity contribution in [2.45, 2.75) is 6.61 Å². The van der Waals surface area contributed by atoms with Gasteiger partial charge >= 0.3 is 0 Å². The SMILES string of the molecule is COCc1ccc(C(=O)Nc2ccc(N3CCNC(=O)C3)cc2)cc1. The van der Waals surface area contributed by atoms with Gasteiger partial charge in [-0.15, -0.1) is 0 Å². The fourth-order valence-electron chi connectivity index (χ4n) is 2.74. The highest BCUT2D eigenvalue weighted by Crippen LogP contribution is 2.19. The van der Waals surface area contributed by atoms with Gasteiger partial charge in [-0.25, -0.2) is 0 Å². The maximum Gasteiger partial charge on any atom is 0.255 e. The van der Waals surface area contributed by atoms with Crippen molar-refractivity contribution in [1.29, 1.82) is 0 Å². The molecule has 0 bridgehead atoms. The van der Waals surface area contributed by atoms with Crippen molar-refractivity contribution in [1.82, 2.24) is 5.32 Å². The van der Waals surface area contributed by atoms with E-state index in [4.69, 9.17) is 4.74 Å². The second-order valence-electron chi connectivity index (χ2n) is 5.90. The number of hydrogen-bond acceptors (Lipinski definition) is 4. The number of ether oxygens (including phenoxy) is 1.